The number of nitrogens with one attached hydrogen (secondary N) is 1. The first-order chi connectivity index (χ1) is 11.6. The highest BCUT2D eigenvalue weighted by atomic mass is 16.5. The zero-order valence-electron chi connectivity index (χ0n) is 13.1. The molecule has 1 atom stereocenters. The Morgan fingerprint density at radius 2 is 2.25 bits per heavy atom. The minimum Gasteiger partial charge on any atom is -0.503 e. The van der Waals surface area contributed by atoms with Gasteiger partial charge in [-0.2, -0.15) is 0 Å². The van der Waals surface area contributed by atoms with E-state index < -0.39 is 0 Å². The zero-order valence-corrected chi connectivity index (χ0v) is 13.1. The van der Waals surface area contributed by atoms with Crippen LogP contribution in [-0.2, 0) is 4.74 Å². The van der Waals surface area contributed by atoms with E-state index in [9.17, 15) is 15.0 Å². The van der Waals surface area contributed by atoms with Gasteiger partial charge in [0.25, 0.3) is 0 Å². The molecule has 1 fully saturated rings. The Morgan fingerprint density at radius 3 is 2.96 bits per heavy atom. The highest BCUT2D eigenvalue weighted by molar-refractivity contribution is 5.99. The van der Waals surface area contributed by atoms with Crippen molar-refractivity contribution in [1.82, 2.24) is 14.5 Å². The number of ketones is 1. The number of Topliss-reactive ketones (excluding diaryl/α,β-unsaturated/α-hetero) is 1. The topological polar surface area (TPSA) is 100 Å². The first-order valence-electron chi connectivity index (χ1n) is 7.76. The van der Waals surface area contributed by atoms with Crippen LogP contribution in [0.3, 0.4) is 0 Å². The van der Waals surface area contributed by atoms with Crippen LogP contribution in [0.25, 0.3) is 16.7 Å². The molecule has 0 amide bonds. The molecule has 7 nitrogen and oxygen atoms in total. The van der Waals surface area contributed by atoms with E-state index in [2.05, 4.69) is 9.97 Å². The zero-order chi connectivity index (χ0) is 16.8. The van der Waals surface area contributed by atoms with E-state index >= 15 is 0 Å². The lowest BCUT2D eigenvalue weighted by atomic mass is 9.98. The van der Waals surface area contributed by atoms with Gasteiger partial charge in [0, 0.05) is 18.2 Å². The fourth-order valence-electron chi connectivity index (χ4n) is 3.37. The third-order valence-electron chi connectivity index (χ3n) is 4.49. The van der Waals surface area contributed by atoms with E-state index in [1.807, 2.05) is 12.1 Å². The summed E-state index contributed by atoms with van der Waals surface area (Å²) >= 11 is 0. The van der Waals surface area contributed by atoms with Crippen LogP contribution in [0.1, 0.15) is 35.3 Å². The average Bonchev–Trinajstić information content (AvgIpc) is 3.27. The number of carbonyl (C=O) groups is 1. The molecule has 1 saturated heterocycles. The maximum atomic E-state index is 12.1. The number of nitrogens with zero attached hydrogens (tertiary/aromatic N) is 2. The predicted octanol–water partition coefficient (Wildman–Crippen LogP) is 2.47. The average molecular weight is 327 g/mol. The first kappa shape index (κ1) is 14.8. The molecule has 1 aliphatic heterocycles. The number of imidazole rings is 1. The molecule has 1 aromatic carbocycles. The van der Waals surface area contributed by atoms with Crippen molar-refractivity contribution in [2.45, 2.75) is 19.3 Å². The van der Waals surface area contributed by atoms with Gasteiger partial charge in [0.05, 0.1) is 35.2 Å². The Labute approximate surface area is 137 Å². The van der Waals surface area contributed by atoms with Crippen LogP contribution >= 0.6 is 0 Å². The van der Waals surface area contributed by atoms with Crippen molar-refractivity contribution >= 4 is 16.8 Å². The van der Waals surface area contributed by atoms with Crippen molar-refractivity contribution < 1.29 is 19.7 Å². The molecule has 1 aliphatic rings. The van der Waals surface area contributed by atoms with Gasteiger partial charge < -0.3 is 19.9 Å². The number of benzene rings is 1. The third kappa shape index (κ3) is 2.09. The molecule has 4 rings (SSSR count). The highest BCUT2D eigenvalue weighted by Gasteiger charge is 2.33. The Hall–Kier alpha value is -2.80. The monoisotopic (exact) mass is 327 g/mol. The summed E-state index contributed by atoms with van der Waals surface area (Å²) in [6, 6.07) is 5.44. The second-order valence-electron chi connectivity index (χ2n) is 5.99. The number of aromatic nitrogens is 3. The van der Waals surface area contributed by atoms with Crippen molar-refractivity contribution in [3.63, 3.8) is 0 Å². The number of carbonyl (C=O) groups excluding carboxylic acids is 1. The summed E-state index contributed by atoms with van der Waals surface area (Å²) in [7, 11) is 0. The lowest BCUT2D eigenvalue weighted by Crippen LogP contribution is -2.10. The summed E-state index contributed by atoms with van der Waals surface area (Å²) in [5.41, 5.74) is 3.00. The molecule has 2 aromatic heterocycles. The molecule has 7 heteroatoms. The lowest BCUT2D eigenvalue weighted by Gasteiger charge is -2.15. The second kappa shape index (κ2) is 5.38. The van der Waals surface area contributed by atoms with Crippen molar-refractivity contribution in [3.05, 3.63) is 35.8 Å². The summed E-state index contributed by atoms with van der Waals surface area (Å²) in [6.07, 6.45) is 2.32. The van der Waals surface area contributed by atoms with Crippen LogP contribution in [-0.4, -0.2) is 43.7 Å². The van der Waals surface area contributed by atoms with Crippen molar-refractivity contribution in [2.75, 3.05) is 13.2 Å². The van der Waals surface area contributed by atoms with E-state index in [1.165, 1.54) is 11.5 Å². The number of fused-ring (bicyclic) bond motifs is 1. The quantitative estimate of drug-likeness (QED) is 0.642. The minimum absolute atomic E-state index is 0.0619. The number of rotatable bonds is 3. The summed E-state index contributed by atoms with van der Waals surface area (Å²) in [5, 5.41) is 20.8. The molecule has 24 heavy (non-hydrogen) atoms. The predicted molar refractivity (Wildman–Crippen MR) is 86.9 cm³/mol. The second-order valence-corrected chi connectivity index (χ2v) is 5.99. The molecule has 0 bridgehead atoms. The van der Waals surface area contributed by atoms with E-state index in [4.69, 9.17) is 4.74 Å². The van der Waals surface area contributed by atoms with Gasteiger partial charge in [-0.1, -0.05) is 0 Å². The lowest BCUT2D eigenvalue weighted by molar-refractivity contribution is 0.101. The van der Waals surface area contributed by atoms with Gasteiger partial charge >= 0.3 is 0 Å². The summed E-state index contributed by atoms with van der Waals surface area (Å²) in [6.45, 7) is 2.43. The molecule has 0 aliphatic carbocycles. The Bertz CT molecular complexity index is 935. The summed E-state index contributed by atoms with van der Waals surface area (Å²) in [4.78, 5) is 19.3. The molecule has 124 valence electrons. The molecule has 0 spiro atoms. The molecule has 0 radical (unpaired) electrons. The van der Waals surface area contributed by atoms with Gasteiger partial charge in [0.15, 0.2) is 11.5 Å². The minimum atomic E-state index is -0.380. The third-order valence-corrected chi connectivity index (χ3v) is 4.49. The van der Waals surface area contributed by atoms with Gasteiger partial charge in [-0.3, -0.25) is 9.36 Å². The SMILES string of the molecule is CC(=O)c1c(O)c(O)n(-c2ccc3nc[nH]c3c2)c1C1CCOC1. The number of hydrogen-bond acceptors (Lipinski definition) is 5. The van der Waals surface area contributed by atoms with Crippen LogP contribution in [0, 0.1) is 0 Å². The number of H-pyrrole nitrogens is 1. The molecular weight excluding hydrogens is 310 g/mol. The molecule has 0 saturated carbocycles. The van der Waals surface area contributed by atoms with Crippen LogP contribution in [0.15, 0.2) is 24.5 Å². The van der Waals surface area contributed by atoms with Crippen LogP contribution in [0.5, 0.6) is 11.6 Å². The van der Waals surface area contributed by atoms with Crippen molar-refractivity contribution in [2.24, 2.45) is 0 Å². The maximum absolute atomic E-state index is 12.1. The standard InChI is InChI=1S/C17H17N3O4/c1-9(21)14-15(10-4-5-24-7-10)20(17(23)16(14)22)11-2-3-12-13(6-11)19-8-18-12/h2-3,6,8,10,22-23H,4-5,7H2,1H3,(H,18,19). The van der Waals surface area contributed by atoms with E-state index in [0.29, 0.717) is 24.6 Å². The van der Waals surface area contributed by atoms with Gasteiger partial charge in [-0.15, -0.1) is 0 Å². The fraction of sp³-hybridized carbons (Fsp3) is 0.294. The van der Waals surface area contributed by atoms with Crippen molar-refractivity contribution in [1.29, 1.82) is 0 Å². The molecular formula is C17H17N3O4. The van der Waals surface area contributed by atoms with Gasteiger partial charge in [0.1, 0.15) is 0 Å². The Balaban J connectivity index is 1.99. The number of aromatic amines is 1. The summed E-state index contributed by atoms with van der Waals surface area (Å²) in [5.74, 6) is -1.06. The summed E-state index contributed by atoms with van der Waals surface area (Å²) < 4.78 is 6.97. The Morgan fingerprint density at radius 1 is 1.42 bits per heavy atom. The van der Waals surface area contributed by atoms with E-state index in [-0.39, 0.29) is 28.9 Å². The molecule has 1 unspecified atom stereocenters. The van der Waals surface area contributed by atoms with E-state index in [0.717, 1.165) is 17.5 Å². The Kier molecular flexibility index (Phi) is 3.31. The van der Waals surface area contributed by atoms with E-state index in [1.54, 1.807) is 12.4 Å². The number of hydrogen-bond donors (Lipinski definition) is 3. The first-order valence-corrected chi connectivity index (χ1v) is 7.76. The molecule has 3 N–H and O–H groups in total. The molecule has 3 heterocycles. The molecule has 3 aromatic rings. The fourth-order valence-corrected chi connectivity index (χ4v) is 3.37. The van der Waals surface area contributed by atoms with Gasteiger partial charge in [0.2, 0.25) is 5.88 Å². The maximum Gasteiger partial charge on any atom is 0.240 e. The number of aromatic hydroxyl groups is 2. The van der Waals surface area contributed by atoms with Crippen LogP contribution in [0.2, 0.25) is 0 Å². The highest BCUT2D eigenvalue weighted by Crippen LogP contribution is 2.43. The van der Waals surface area contributed by atoms with Crippen LogP contribution in [0.4, 0.5) is 0 Å². The normalized spacial score (nSPS) is 17.6. The van der Waals surface area contributed by atoms with Gasteiger partial charge in [-0.05, 0) is 31.5 Å². The van der Waals surface area contributed by atoms with Gasteiger partial charge in [-0.25, -0.2) is 4.98 Å². The van der Waals surface area contributed by atoms with Crippen molar-refractivity contribution in [3.8, 4) is 17.3 Å². The largest absolute Gasteiger partial charge is 0.503 e. The van der Waals surface area contributed by atoms with Crippen LogP contribution < -0.4 is 0 Å². The number of ether oxygens (including phenoxy) is 1. The smallest absolute Gasteiger partial charge is 0.240 e.